The van der Waals surface area contributed by atoms with Crippen molar-refractivity contribution in [3.63, 3.8) is 0 Å². The summed E-state index contributed by atoms with van der Waals surface area (Å²) in [6.07, 6.45) is 5.71. The lowest BCUT2D eigenvalue weighted by Gasteiger charge is -2.10. The zero-order chi connectivity index (χ0) is 23.2. The first-order chi connectivity index (χ1) is 16.0. The van der Waals surface area contributed by atoms with Crippen LogP contribution in [0.25, 0.3) is 34.1 Å². The minimum atomic E-state index is -0.331. The average molecular weight is 434 g/mol. The SMILES string of the molecule is O=C(/C=C/c1ccc(O)cc1)CC(=O)/C=C/c1cc(O)ccc1-c1cccc2ccccc12. The molecule has 0 aliphatic rings. The van der Waals surface area contributed by atoms with Gasteiger partial charge in [0.05, 0.1) is 6.42 Å². The van der Waals surface area contributed by atoms with Gasteiger partial charge in [0.15, 0.2) is 11.6 Å². The maximum Gasteiger partial charge on any atom is 0.163 e. The molecule has 0 aromatic heterocycles. The largest absolute Gasteiger partial charge is 0.508 e. The standard InChI is InChI=1S/C29H22O4/c30-23-12-8-20(9-13-23)10-14-25(32)19-26(33)15-11-22-18-24(31)16-17-28(22)29-7-3-5-21-4-1-2-6-27(21)29/h1-18,30-31H,19H2/b14-10+,15-11+. The minimum Gasteiger partial charge on any atom is -0.508 e. The first-order valence-electron chi connectivity index (χ1n) is 10.5. The molecule has 0 heterocycles. The Morgan fingerprint density at radius 3 is 2.12 bits per heavy atom. The van der Waals surface area contributed by atoms with Crippen LogP contribution in [0.3, 0.4) is 0 Å². The second-order valence-corrected chi connectivity index (χ2v) is 7.67. The van der Waals surface area contributed by atoms with Crippen LogP contribution < -0.4 is 0 Å². The number of ketones is 2. The summed E-state index contributed by atoms with van der Waals surface area (Å²) >= 11 is 0. The zero-order valence-electron chi connectivity index (χ0n) is 17.8. The first-order valence-corrected chi connectivity index (χ1v) is 10.5. The summed E-state index contributed by atoms with van der Waals surface area (Å²) < 4.78 is 0. The van der Waals surface area contributed by atoms with E-state index >= 15 is 0 Å². The van der Waals surface area contributed by atoms with Crippen LogP contribution >= 0.6 is 0 Å². The third-order valence-electron chi connectivity index (χ3n) is 5.27. The van der Waals surface area contributed by atoms with E-state index in [9.17, 15) is 19.8 Å². The van der Waals surface area contributed by atoms with Crippen LogP contribution in [0.4, 0.5) is 0 Å². The Labute approximate surface area is 191 Å². The van der Waals surface area contributed by atoms with Crippen molar-refractivity contribution in [2.24, 2.45) is 0 Å². The molecule has 0 fully saturated rings. The Balaban J connectivity index is 1.53. The quantitative estimate of drug-likeness (QED) is 0.269. The number of phenols is 2. The van der Waals surface area contributed by atoms with Gasteiger partial charge in [0.2, 0.25) is 0 Å². The molecule has 0 aliphatic carbocycles. The highest BCUT2D eigenvalue weighted by atomic mass is 16.3. The van der Waals surface area contributed by atoms with Crippen molar-refractivity contribution in [2.75, 3.05) is 0 Å². The molecule has 0 atom stereocenters. The Hall–Kier alpha value is -4.44. The summed E-state index contributed by atoms with van der Waals surface area (Å²) in [6, 6.07) is 25.5. The number of hydrogen-bond donors (Lipinski definition) is 2. The van der Waals surface area contributed by atoms with Crippen molar-refractivity contribution in [1.82, 2.24) is 0 Å². The minimum absolute atomic E-state index is 0.0963. The lowest BCUT2D eigenvalue weighted by Crippen LogP contribution is -2.02. The molecular weight excluding hydrogens is 412 g/mol. The van der Waals surface area contributed by atoms with Gasteiger partial charge >= 0.3 is 0 Å². The third kappa shape index (κ3) is 5.43. The van der Waals surface area contributed by atoms with Crippen molar-refractivity contribution < 1.29 is 19.8 Å². The van der Waals surface area contributed by atoms with Gasteiger partial charge in [0, 0.05) is 0 Å². The number of carbonyl (C=O) groups excluding carboxylic acids is 2. The molecule has 0 spiro atoms. The fourth-order valence-corrected chi connectivity index (χ4v) is 3.64. The monoisotopic (exact) mass is 434 g/mol. The van der Waals surface area contributed by atoms with E-state index in [-0.39, 0.29) is 29.5 Å². The van der Waals surface area contributed by atoms with Gasteiger partial charge in [-0.1, -0.05) is 72.8 Å². The predicted octanol–water partition coefficient (Wildman–Crippen LogP) is 6.17. The van der Waals surface area contributed by atoms with Crippen molar-refractivity contribution in [1.29, 1.82) is 0 Å². The van der Waals surface area contributed by atoms with Crippen LogP contribution in [0.15, 0.2) is 97.1 Å². The van der Waals surface area contributed by atoms with Gasteiger partial charge in [-0.3, -0.25) is 9.59 Å². The molecule has 33 heavy (non-hydrogen) atoms. The lowest BCUT2D eigenvalue weighted by atomic mass is 9.94. The van der Waals surface area contributed by atoms with Gasteiger partial charge < -0.3 is 10.2 Å². The molecule has 4 aromatic carbocycles. The number of phenolic OH excluding ortho intramolecular Hbond substituents is 2. The maximum atomic E-state index is 12.4. The number of aromatic hydroxyl groups is 2. The van der Waals surface area contributed by atoms with Crippen LogP contribution in [-0.2, 0) is 9.59 Å². The molecule has 0 saturated heterocycles. The second kappa shape index (κ2) is 9.79. The molecule has 4 rings (SSSR count). The molecule has 4 aromatic rings. The third-order valence-corrected chi connectivity index (χ3v) is 5.27. The predicted molar refractivity (Wildman–Crippen MR) is 132 cm³/mol. The van der Waals surface area contributed by atoms with Gasteiger partial charge in [-0.15, -0.1) is 0 Å². The van der Waals surface area contributed by atoms with Crippen molar-refractivity contribution in [2.45, 2.75) is 6.42 Å². The Bertz CT molecular complexity index is 1370. The molecule has 0 bridgehead atoms. The smallest absolute Gasteiger partial charge is 0.163 e. The average Bonchev–Trinajstić information content (AvgIpc) is 2.82. The van der Waals surface area contributed by atoms with E-state index in [0.29, 0.717) is 5.56 Å². The molecule has 2 N–H and O–H groups in total. The molecule has 0 saturated carbocycles. The van der Waals surface area contributed by atoms with E-state index in [1.807, 2.05) is 48.5 Å². The molecule has 0 unspecified atom stereocenters. The van der Waals surface area contributed by atoms with Crippen LogP contribution in [0.1, 0.15) is 17.5 Å². The van der Waals surface area contributed by atoms with Gasteiger partial charge in [-0.25, -0.2) is 0 Å². The highest BCUT2D eigenvalue weighted by Gasteiger charge is 2.09. The second-order valence-electron chi connectivity index (χ2n) is 7.67. The van der Waals surface area contributed by atoms with Gasteiger partial charge in [0.1, 0.15) is 11.5 Å². The summed E-state index contributed by atoms with van der Waals surface area (Å²) in [5, 5.41) is 21.5. The number of benzene rings is 4. The maximum absolute atomic E-state index is 12.4. The topological polar surface area (TPSA) is 74.6 Å². The molecule has 0 amide bonds. The summed E-state index contributed by atoms with van der Waals surface area (Å²) in [4.78, 5) is 24.6. The fraction of sp³-hybridized carbons (Fsp3) is 0.0345. The lowest BCUT2D eigenvalue weighted by molar-refractivity contribution is -0.121. The highest BCUT2D eigenvalue weighted by Crippen LogP contribution is 2.33. The summed E-state index contributed by atoms with van der Waals surface area (Å²) in [6.45, 7) is 0. The van der Waals surface area contributed by atoms with Crippen molar-refractivity contribution in [3.05, 3.63) is 108 Å². The van der Waals surface area contributed by atoms with Crippen LogP contribution in [-0.4, -0.2) is 21.8 Å². The first kappa shape index (κ1) is 21.8. The number of fused-ring (bicyclic) bond motifs is 1. The Kier molecular flexibility index (Phi) is 6.46. The Morgan fingerprint density at radius 2 is 1.33 bits per heavy atom. The Morgan fingerprint density at radius 1 is 0.667 bits per heavy atom. The zero-order valence-corrected chi connectivity index (χ0v) is 17.8. The van der Waals surface area contributed by atoms with E-state index < -0.39 is 0 Å². The van der Waals surface area contributed by atoms with E-state index in [0.717, 1.165) is 27.5 Å². The highest BCUT2D eigenvalue weighted by molar-refractivity contribution is 6.11. The molecule has 4 heteroatoms. The molecule has 0 radical (unpaired) electrons. The number of allylic oxidation sites excluding steroid dienone is 2. The van der Waals surface area contributed by atoms with E-state index in [1.165, 1.54) is 24.3 Å². The molecule has 4 nitrogen and oxygen atoms in total. The number of rotatable bonds is 7. The van der Waals surface area contributed by atoms with Gasteiger partial charge in [-0.05, 0) is 69.4 Å². The molecular formula is C29H22O4. The number of hydrogen-bond acceptors (Lipinski definition) is 4. The van der Waals surface area contributed by atoms with Crippen LogP contribution in [0.5, 0.6) is 11.5 Å². The fourth-order valence-electron chi connectivity index (χ4n) is 3.64. The summed E-state index contributed by atoms with van der Waals surface area (Å²) in [7, 11) is 0. The summed E-state index contributed by atoms with van der Waals surface area (Å²) in [5.74, 6) is -0.405. The normalized spacial score (nSPS) is 11.4. The van der Waals surface area contributed by atoms with Gasteiger partial charge in [0.25, 0.3) is 0 Å². The summed E-state index contributed by atoms with van der Waals surface area (Å²) in [5.41, 5.74) is 3.32. The number of carbonyl (C=O) groups is 2. The van der Waals surface area contributed by atoms with Gasteiger partial charge in [-0.2, -0.15) is 0 Å². The van der Waals surface area contributed by atoms with E-state index in [4.69, 9.17) is 0 Å². The molecule has 162 valence electrons. The van der Waals surface area contributed by atoms with E-state index in [2.05, 4.69) is 0 Å². The van der Waals surface area contributed by atoms with Crippen molar-refractivity contribution in [3.8, 4) is 22.6 Å². The van der Waals surface area contributed by atoms with E-state index in [1.54, 1.807) is 36.4 Å². The van der Waals surface area contributed by atoms with Crippen molar-refractivity contribution >= 4 is 34.5 Å². The van der Waals surface area contributed by atoms with Crippen LogP contribution in [0.2, 0.25) is 0 Å². The van der Waals surface area contributed by atoms with Crippen LogP contribution in [0, 0.1) is 0 Å². The molecule has 0 aliphatic heterocycles.